The molecular weight excluding hydrogens is 280 g/mol. The van der Waals surface area contributed by atoms with Crippen LogP contribution in [0.5, 0.6) is 5.75 Å². The predicted molar refractivity (Wildman–Crippen MR) is 74.9 cm³/mol. The van der Waals surface area contributed by atoms with Crippen molar-refractivity contribution in [3.8, 4) is 5.75 Å². The van der Waals surface area contributed by atoms with Crippen molar-refractivity contribution in [2.45, 2.75) is 31.0 Å². The Labute approximate surface area is 122 Å². The molecule has 3 rings (SSSR count). The van der Waals surface area contributed by atoms with Crippen molar-refractivity contribution < 1.29 is 14.6 Å². The first-order valence-corrected chi connectivity index (χ1v) is 7.16. The van der Waals surface area contributed by atoms with E-state index in [9.17, 15) is 9.90 Å². The van der Waals surface area contributed by atoms with Crippen LogP contribution in [0.25, 0.3) is 0 Å². The van der Waals surface area contributed by atoms with Crippen molar-refractivity contribution in [1.82, 2.24) is 10.6 Å². The zero-order chi connectivity index (χ0) is 14.1. The highest BCUT2D eigenvalue weighted by atomic mass is 35.5. The number of aliphatic hydroxyl groups excluding tert-OH is 1. The molecular formula is C14H17ClN2O3. The Balaban J connectivity index is 1.73. The smallest absolute Gasteiger partial charge is 0.237 e. The molecule has 0 spiro atoms. The summed E-state index contributed by atoms with van der Waals surface area (Å²) < 4.78 is 5.57. The van der Waals surface area contributed by atoms with Gasteiger partial charge in [0.05, 0.1) is 29.8 Å². The van der Waals surface area contributed by atoms with Crippen molar-refractivity contribution in [2.24, 2.45) is 0 Å². The lowest BCUT2D eigenvalue weighted by atomic mass is 10.00. The largest absolute Gasteiger partial charge is 0.492 e. The number of nitrogens with one attached hydrogen (secondary N) is 2. The average Bonchev–Trinajstić information content (AvgIpc) is 2.87. The van der Waals surface area contributed by atoms with Gasteiger partial charge in [-0.05, 0) is 12.5 Å². The molecule has 1 amide bonds. The van der Waals surface area contributed by atoms with Crippen LogP contribution in [-0.2, 0) is 4.79 Å². The minimum absolute atomic E-state index is 0.0839. The number of aliphatic hydroxyl groups is 1. The molecule has 0 aliphatic carbocycles. The monoisotopic (exact) mass is 296 g/mol. The van der Waals surface area contributed by atoms with E-state index in [0.29, 0.717) is 36.8 Å². The van der Waals surface area contributed by atoms with E-state index in [1.54, 1.807) is 6.07 Å². The number of halogens is 1. The zero-order valence-corrected chi connectivity index (χ0v) is 11.7. The van der Waals surface area contributed by atoms with E-state index in [4.69, 9.17) is 16.3 Å². The number of hydrogen-bond acceptors (Lipinski definition) is 4. The molecule has 108 valence electrons. The van der Waals surface area contributed by atoms with E-state index in [1.165, 1.54) is 0 Å². The fraction of sp³-hybridized carbons (Fsp3) is 0.500. The van der Waals surface area contributed by atoms with Crippen molar-refractivity contribution in [3.05, 3.63) is 28.8 Å². The fourth-order valence-electron chi connectivity index (χ4n) is 2.73. The Morgan fingerprint density at radius 2 is 2.35 bits per heavy atom. The minimum atomic E-state index is -0.442. The van der Waals surface area contributed by atoms with Gasteiger partial charge in [0.15, 0.2) is 0 Å². The molecule has 1 fully saturated rings. The number of carbonyl (C=O) groups excluding carboxylic acids is 1. The quantitative estimate of drug-likeness (QED) is 0.761. The Kier molecular flexibility index (Phi) is 3.83. The number of benzene rings is 1. The third-order valence-electron chi connectivity index (χ3n) is 3.77. The Bertz CT molecular complexity index is 523. The van der Waals surface area contributed by atoms with Crippen molar-refractivity contribution in [2.75, 3.05) is 13.2 Å². The summed E-state index contributed by atoms with van der Waals surface area (Å²) in [6, 6.07) is 5.13. The summed E-state index contributed by atoms with van der Waals surface area (Å²) in [5.74, 6) is 0.574. The molecule has 3 unspecified atom stereocenters. The van der Waals surface area contributed by atoms with Crippen LogP contribution in [0.3, 0.4) is 0 Å². The summed E-state index contributed by atoms with van der Waals surface area (Å²) in [6.07, 6.45) is 0.730. The molecule has 5 nitrogen and oxygen atoms in total. The van der Waals surface area contributed by atoms with Gasteiger partial charge in [-0.15, -0.1) is 0 Å². The molecule has 0 aromatic heterocycles. The number of β-amino-alcohol motifs (C(OH)–C–C–N with tert-alkyl or cyclic N) is 1. The van der Waals surface area contributed by atoms with Crippen LogP contribution >= 0.6 is 11.6 Å². The van der Waals surface area contributed by atoms with Gasteiger partial charge >= 0.3 is 0 Å². The third-order valence-corrected chi connectivity index (χ3v) is 4.06. The lowest BCUT2D eigenvalue weighted by molar-refractivity contribution is -0.123. The average molecular weight is 297 g/mol. The first-order valence-electron chi connectivity index (χ1n) is 6.78. The lowest BCUT2D eigenvalue weighted by Crippen LogP contribution is -2.43. The number of amides is 1. The second-order valence-corrected chi connectivity index (χ2v) is 5.61. The van der Waals surface area contributed by atoms with Crippen LogP contribution in [0.4, 0.5) is 0 Å². The van der Waals surface area contributed by atoms with Gasteiger partial charge in [0.25, 0.3) is 0 Å². The van der Waals surface area contributed by atoms with Gasteiger partial charge in [-0.3, -0.25) is 4.79 Å². The molecule has 1 aromatic carbocycles. The Morgan fingerprint density at radius 1 is 1.50 bits per heavy atom. The van der Waals surface area contributed by atoms with Gasteiger partial charge in [-0.1, -0.05) is 23.7 Å². The molecule has 2 aliphatic heterocycles. The molecule has 3 N–H and O–H groups in total. The lowest BCUT2D eigenvalue weighted by Gasteiger charge is -2.28. The first-order chi connectivity index (χ1) is 9.65. The van der Waals surface area contributed by atoms with Gasteiger partial charge in [-0.2, -0.15) is 0 Å². The van der Waals surface area contributed by atoms with E-state index >= 15 is 0 Å². The highest BCUT2D eigenvalue weighted by Gasteiger charge is 2.31. The van der Waals surface area contributed by atoms with E-state index in [2.05, 4.69) is 10.6 Å². The van der Waals surface area contributed by atoms with Gasteiger partial charge in [0, 0.05) is 18.5 Å². The second kappa shape index (κ2) is 5.60. The summed E-state index contributed by atoms with van der Waals surface area (Å²) in [6.45, 7) is 0.997. The van der Waals surface area contributed by atoms with Crippen LogP contribution in [0.1, 0.15) is 24.4 Å². The number of fused-ring (bicyclic) bond motifs is 1. The van der Waals surface area contributed by atoms with E-state index in [0.717, 1.165) is 5.56 Å². The SMILES string of the molecule is O=C(NC1CCOc2c(Cl)cccc21)C1CC(O)CN1. The van der Waals surface area contributed by atoms with Crippen LogP contribution in [0, 0.1) is 0 Å². The standard InChI is InChI=1S/C14H17ClN2O3/c15-10-3-1-2-9-11(4-5-20-13(9)10)17-14(19)12-6-8(18)7-16-12/h1-3,8,11-12,16,18H,4-7H2,(H,17,19). The van der Waals surface area contributed by atoms with Crippen LogP contribution in [0.15, 0.2) is 18.2 Å². The van der Waals surface area contributed by atoms with E-state index < -0.39 is 6.10 Å². The molecule has 1 aromatic rings. The van der Waals surface area contributed by atoms with Crippen molar-refractivity contribution in [1.29, 1.82) is 0 Å². The topological polar surface area (TPSA) is 70.6 Å². The van der Waals surface area contributed by atoms with Gasteiger partial charge in [0.2, 0.25) is 5.91 Å². The van der Waals surface area contributed by atoms with Crippen molar-refractivity contribution in [3.63, 3.8) is 0 Å². The summed E-state index contributed by atoms with van der Waals surface area (Å²) in [4.78, 5) is 12.2. The summed E-state index contributed by atoms with van der Waals surface area (Å²) in [5.41, 5.74) is 0.913. The minimum Gasteiger partial charge on any atom is -0.492 e. The van der Waals surface area contributed by atoms with E-state index in [1.807, 2.05) is 12.1 Å². The highest BCUT2D eigenvalue weighted by Crippen LogP contribution is 2.37. The molecule has 3 atom stereocenters. The third kappa shape index (κ3) is 2.61. The molecule has 6 heteroatoms. The zero-order valence-electron chi connectivity index (χ0n) is 10.9. The summed E-state index contributed by atoms with van der Waals surface area (Å²) in [5, 5.41) is 16.1. The molecule has 0 radical (unpaired) electrons. The summed E-state index contributed by atoms with van der Waals surface area (Å²) in [7, 11) is 0. The highest BCUT2D eigenvalue weighted by molar-refractivity contribution is 6.32. The fourth-order valence-corrected chi connectivity index (χ4v) is 2.96. The first kappa shape index (κ1) is 13.7. The van der Waals surface area contributed by atoms with Crippen LogP contribution in [0.2, 0.25) is 5.02 Å². The molecule has 20 heavy (non-hydrogen) atoms. The molecule has 2 aliphatic rings. The Hall–Kier alpha value is -1.30. The number of carbonyl (C=O) groups is 1. The molecule has 2 heterocycles. The normalized spacial score (nSPS) is 28.6. The van der Waals surface area contributed by atoms with Crippen molar-refractivity contribution >= 4 is 17.5 Å². The second-order valence-electron chi connectivity index (χ2n) is 5.21. The van der Waals surface area contributed by atoms with Crippen LogP contribution < -0.4 is 15.4 Å². The summed E-state index contributed by atoms with van der Waals surface area (Å²) >= 11 is 6.11. The van der Waals surface area contributed by atoms with Gasteiger partial charge in [-0.25, -0.2) is 0 Å². The maximum absolute atomic E-state index is 12.2. The Morgan fingerprint density at radius 3 is 3.10 bits per heavy atom. The van der Waals surface area contributed by atoms with E-state index in [-0.39, 0.29) is 18.0 Å². The number of ether oxygens (including phenoxy) is 1. The van der Waals surface area contributed by atoms with Gasteiger partial charge in [0.1, 0.15) is 5.75 Å². The number of hydrogen-bond donors (Lipinski definition) is 3. The maximum atomic E-state index is 12.2. The predicted octanol–water partition coefficient (Wildman–Crippen LogP) is 1.00. The number of para-hydroxylation sites is 1. The maximum Gasteiger partial charge on any atom is 0.237 e. The van der Waals surface area contributed by atoms with Crippen LogP contribution in [-0.4, -0.2) is 36.3 Å². The molecule has 0 saturated carbocycles. The molecule has 0 bridgehead atoms. The molecule has 1 saturated heterocycles. The number of rotatable bonds is 2. The van der Waals surface area contributed by atoms with Gasteiger partial charge < -0.3 is 20.5 Å².